The Balaban J connectivity index is 1.95. The van der Waals surface area contributed by atoms with Gasteiger partial charge in [-0.05, 0) is 30.9 Å². The Bertz CT molecular complexity index is 741. The Labute approximate surface area is 154 Å². The molecule has 0 saturated heterocycles. The van der Waals surface area contributed by atoms with Gasteiger partial charge in [-0.1, -0.05) is 38.1 Å². The normalized spacial score (nSPS) is 12.0. The molecule has 0 aliphatic rings. The zero-order valence-electron chi connectivity index (χ0n) is 15.6. The molecule has 2 rings (SSSR count). The van der Waals surface area contributed by atoms with Crippen LogP contribution in [-0.4, -0.2) is 36.2 Å². The van der Waals surface area contributed by atoms with E-state index in [1.807, 2.05) is 30.3 Å². The minimum Gasteiger partial charge on any atom is -0.450 e. The highest BCUT2D eigenvalue weighted by atomic mass is 16.5. The molecular weight excluding hydrogens is 330 g/mol. The van der Waals surface area contributed by atoms with Gasteiger partial charge in [-0.2, -0.15) is 0 Å². The molecule has 2 aromatic rings. The highest BCUT2D eigenvalue weighted by Crippen LogP contribution is 2.16. The molecule has 0 saturated carbocycles. The maximum Gasteiger partial charge on any atom is 0.407 e. The number of benzene rings is 1. The zero-order chi connectivity index (χ0) is 18.9. The van der Waals surface area contributed by atoms with E-state index >= 15 is 0 Å². The van der Waals surface area contributed by atoms with Gasteiger partial charge in [0.15, 0.2) is 0 Å². The molecule has 0 aliphatic heterocycles. The van der Waals surface area contributed by atoms with Crippen LogP contribution in [0.5, 0.6) is 0 Å². The van der Waals surface area contributed by atoms with Crippen molar-refractivity contribution in [3.05, 3.63) is 42.1 Å². The van der Waals surface area contributed by atoms with Crippen LogP contribution in [0.25, 0.3) is 10.9 Å². The van der Waals surface area contributed by atoms with Gasteiger partial charge in [0.2, 0.25) is 5.91 Å². The Morgan fingerprint density at radius 2 is 1.96 bits per heavy atom. The van der Waals surface area contributed by atoms with Crippen LogP contribution in [0.15, 0.2) is 36.5 Å². The van der Waals surface area contributed by atoms with Gasteiger partial charge in [-0.15, -0.1) is 0 Å². The van der Waals surface area contributed by atoms with Crippen LogP contribution < -0.4 is 10.6 Å². The lowest BCUT2D eigenvalue weighted by Gasteiger charge is -2.20. The second-order valence-electron chi connectivity index (χ2n) is 6.66. The largest absolute Gasteiger partial charge is 0.450 e. The van der Waals surface area contributed by atoms with E-state index < -0.39 is 6.09 Å². The molecule has 0 radical (unpaired) electrons. The Kier molecular flexibility index (Phi) is 7.38. The standard InChI is InChI=1S/C20H27N3O3/c1-4-26-20(25)23-17(11-14(2)3)13-22-18(24)12-16-8-5-7-15-9-6-10-21-19(15)16/h5-10,14,17H,4,11-13H2,1-3H3,(H,22,24)(H,23,25)/t17-/m0/s1. The van der Waals surface area contributed by atoms with Gasteiger partial charge < -0.3 is 15.4 Å². The summed E-state index contributed by atoms with van der Waals surface area (Å²) in [7, 11) is 0. The van der Waals surface area contributed by atoms with Gasteiger partial charge >= 0.3 is 6.09 Å². The predicted molar refractivity (Wildman–Crippen MR) is 102 cm³/mol. The van der Waals surface area contributed by atoms with Crippen molar-refractivity contribution in [1.29, 1.82) is 0 Å². The van der Waals surface area contributed by atoms with Crippen molar-refractivity contribution in [3.63, 3.8) is 0 Å². The molecule has 140 valence electrons. The number of carbonyl (C=O) groups is 2. The second-order valence-corrected chi connectivity index (χ2v) is 6.66. The monoisotopic (exact) mass is 357 g/mol. The molecule has 0 unspecified atom stereocenters. The first kappa shape index (κ1) is 19.7. The van der Waals surface area contributed by atoms with Crippen LogP contribution >= 0.6 is 0 Å². The number of rotatable bonds is 8. The van der Waals surface area contributed by atoms with E-state index in [0.29, 0.717) is 19.1 Å². The summed E-state index contributed by atoms with van der Waals surface area (Å²) in [5.74, 6) is 0.295. The number of nitrogens with one attached hydrogen (secondary N) is 2. The number of ether oxygens (including phenoxy) is 1. The summed E-state index contributed by atoms with van der Waals surface area (Å²) < 4.78 is 4.93. The number of carbonyl (C=O) groups excluding carboxylic acids is 2. The molecule has 0 bridgehead atoms. The molecule has 0 spiro atoms. The molecule has 1 atom stereocenters. The number of fused-ring (bicyclic) bond motifs is 1. The Morgan fingerprint density at radius 3 is 2.69 bits per heavy atom. The number of nitrogens with zero attached hydrogens (tertiary/aromatic N) is 1. The average molecular weight is 357 g/mol. The summed E-state index contributed by atoms with van der Waals surface area (Å²) in [6.07, 6.45) is 2.29. The van der Waals surface area contributed by atoms with E-state index in [4.69, 9.17) is 4.74 Å². The van der Waals surface area contributed by atoms with E-state index in [9.17, 15) is 9.59 Å². The molecular formula is C20H27N3O3. The van der Waals surface area contributed by atoms with Gasteiger partial charge in [0.1, 0.15) is 0 Å². The molecule has 26 heavy (non-hydrogen) atoms. The minimum absolute atomic E-state index is 0.0948. The summed E-state index contributed by atoms with van der Waals surface area (Å²) in [5, 5.41) is 6.74. The number of amides is 2. The first-order valence-corrected chi connectivity index (χ1v) is 9.02. The van der Waals surface area contributed by atoms with Crippen LogP contribution in [0.1, 0.15) is 32.8 Å². The fraction of sp³-hybridized carbons (Fsp3) is 0.450. The van der Waals surface area contributed by atoms with Gasteiger partial charge in [0, 0.05) is 24.2 Å². The summed E-state index contributed by atoms with van der Waals surface area (Å²) in [6.45, 7) is 6.60. The lowest BCUT2D eigenvalue weighted by Crippen LogP contribution is -2.44. The molecule has 0 aliphatic carbocycles. The number of pyridine rings is 1. The minimum atomic E-state index is -0.453. The maximum atomic E-state index is 12.4. The topological polar surface area (TPSA) is 80.3 Å². The third kappa shape index (κ3) is 6.02. The van der Waals surface area contributed by atoms with Crippen molar-refractivity contribution < 1.29 is 14.3 Å². The van der Waals surface area contributed by atoms with Crippen LogP contribution in [0.2, 0.25) is 0 Å². The summed E-state index contributed by atoms with van der Waals surface area (Å²) >= 11 is 0. The molecule has 1 aromatic carbocycles. The van der Waals surface area contributed by atoms with E-state index in [-0.39, 0.29) is 18.4 Å². The number of para-hydroxylation sites is 1. The predicted octanol–water partition coefficient (Wildman–Crippen LogP) is 3.05. The first-order chi connectivity index (χ1) is 12.5. The summed E-state index contributed by atoms with van der Waals surface area (Å²) in [5.41, 5.74) is 1.73. The van der Waals surface area contributed by atoms with E-state index in [1.54, 1.807) is 13.1 Å². The average Bonchev–Trinajstić information content (AvgIpc) is 2.60. The Hall–Kier alpha value is -2.63. The van der Waals surface area contributed by atoms with Crippen LogP contribution in [0.3, 0.4) is 0 Å². The van der Waals surface area contributed by atoms with Crippen LogP contribution in [0, 0.1) is 5.92 Å². The van der Waals surface area contributed by atoms with Crippen LogP contribution in [-0.2, 0) is 16.0 Å². The van der Waals surface area contributed by atoms with Crippen molar-refractivity contribution in [3.8, 4) is 0 Å². The number of alkyl carbamates (subject to hydrolysis) is 1. The number of hydrogen-bond donors (Lipinski definition) is 2. The van der Waals surface area contributed by atoms with E-state index in [0.717, 1.165) is 22.9 Å². The number of aromatic nitrogens is 1. The molecule has 1 aromatic heterocycles. The third-order valence-corrected chi connectivity index (χ3v) is 3.97. The zero-order valence-corrected chi connectivity index (χ0v) is 15.6. The summed E-state index contributed by atoms with van der Waals surface area (Å²) in [4.78, 5) is 28.4. The molecule has 0 fully saturated rings. The molecule has 2 amide bonds. The fourth-order valence-electron chi connectivity index (χ4n) is 2.88. The maximum absolute atomic E-state index is 12.4. The van der Waals surface area contributed by atoms with Crippen molar-refractivity contribution in [1.82, 2.24) is 15.6 Å². The van der Waals surface area contributed by atoms with Crippen molar-refractivity contribution in [2.75, 3.05) is 13.2 Å². The molecule has 1 heterocycles. The second kappa shape index (κ2) is 9.75. The van der Waals surface area contributed by atoms with Crippen molar-refractivity contribution in [2.45, 2.75) is 39.7 Å². The lowest BCUT2D eigenvalue weighted by atomic mass is 10.0. The quantitative estimate of drug-likeness (QED) is 0.761. The van der Waals surface area contributed by atoms with Crippen molar-refractivity contribution >= 4 is 22.9 Å². The molecule has 6 heteroatoms. The van der Waals surface area contributed by atoms with Gasteiger partial charge in [0.05, 0.1) is 18.5 Å². The third-order valence-electron chi connectivity index (χ3n) is 3.97. The lowest BCUT2D eigenvalue weighted by molar-refractivity contribution is -0.120. The molecule has 2 N–H and O–H groups in total. The summed E-state index contributed by atoms with van der Waals surface area (Å²) in [6, 6.07) is 9.51. The van der Waals surface area contributed by atoms with E-state index in [1.165, 1.54) is 0 Å². The SMILES string of the molecule is CCOC(=O)N[C@H](CNC(=O)Cc1cccc2cccnc12)CC(C)C. The van der Waals surface area contributed by atoms with Crippen LogP contribution in [0.4, 0.5) is 4.79 Å². The van der Waals surface area contributed by atoms with Gasteiger partial charge in [-0.25, -0.2) is 4.79 Å². The van der Waals surface area contributed by atoms with Crippen molar-refractivity contribution in [2.24, 2.45) is 5.92 Å². The van der Waals surface area contributed by atoms with Gasteiger partial charge in [-0.3, -0.25) is 9.78 Å². The molecule has 6 nitrogen and oxygen atoms in total. The van der Waals surface area contributed by atoms with Gasteiger partial charge in [0.25, 0.3) is 0 Å². The highest BCUT2D eigenvalue weighted by molar-refractivity contribution is 5.87. The number of hydrogen-bond acceptors (Lipinski definition) is 4. The van der Waals surface area contributed by atoms with E-state index in [2.05, 4.69) is 29.5 Å². The smallest absolute Gasteiger partial charge is 0.407 e. The first-order valence-electron chi connectivity index (χ1n) is 9.02. The highest BCUT2D eigenvalue weighted by Gasteiger charge is 2.16. The fourth-order valence-corrected chi connectivity index (χ4v) is 2.88. The Morgan fingerprint density at radius 1 is 1.19 bits per heavy atom.